The molecule has 0 amide bonds. The zero-order chi connectivity index (χ0) is 27.0. The monoisotopic (exact) mass is 578 g/mol. The summed E-state index contributed by atoms with van der Waals surface area (Å²) in [5, 5.41) is 10.5. The van der Waals surface area contributed by atoms with Gasteiger partial charge >= 0.3 is 0 Å². The number of aromatic nitrogens is 1. The molecule has 4 aromatic rings. The molecule has 6 rings (SSSR count). The number of anilines is 2. The molecule has 3 heterocycles. The molecule has 3 aromatic carbocycles. The van der Waals surface area contributed by atoms with Crippen molar-refractivity contribution in [1.82, 2.24) is 4.98 Å². The van der Waals surface area contributed by atoms with Gasteiger partial charge in [0.1, 0.15) is 0 Å². The molecule has 1 saturated heterocycles. The summed E-state index contributed by atoms with van der Waals surface area (Å²) in [6.07, 6.45) is 1.94. The molecular formula is C29H27ClN4O3S2. The number of hydrazone groups is 1. The fraction of sp³-hybridized carbons (Fsp3) is 0.241. The molecule has 0 N–H and O–H groups in total. The van der Waals surface area contributed by atoms with Crippen molar-refractivity contribution in [3.05, 3.63) is 94.3 Å². The Labute approximate surface area is 237 Å². The third-order valence-electron chi connectivity index (χ3n) is 7.01. The van der Waals surface area contributed by atoms with Crippen LogP contribution in [0.5, 0.6) is 0 Å². The SMILES string of the molecule is CS(=O)(=O)c1ccc(-c2csc(N3N=C(c4ccc(N5CCOCC5)cc4)CC3c3ccc(Cl)cc3)n2)cc1. The second-order valence-electron chi connectivity index (χ2n) is 9.62. The first-order chi connectivity index (χ1) is 18.8. The molecule has 0 radical (unpaired) electrons. The first-order valence-electron chi connectivity index (χ1n) is 12.7. The standard InChI is InChI=1S/C29H27ClN4O3S2/c1-39(35,36)25-12-6-21(7-13-25)27-19-38-29(31-27)34-28(22-2-8-23(30)9-3-22)18-26(32-34)20-4-10-24(11-5-20)33-14-16-37-17-15-33/h2-13,19,28H,14-18H2,1H3. The molecule has 0 aliphatic carbocycles. The highest BCUT2D eigenvalue weighted by Gasteiger charge is 2.32. The van der Waals surface area contributed by atoms with E-state index in [0.717, 1.165) is 66.0 Å². The molecule has 7 nitrogen and oxygen atoms in total. The minimum Gasteiger partial charge on any atom is -0.378 e. The lowest BCUT2D eigenvalue weighted by Gasteiger charge is -2.28. The molecule has 200 valence electrons. The van der Waals surface area contributed by atoms with E-state index >= 15 is 0 Å². The van der Waals surface area contributed by atoms with E-state index in [1.54, 1.807) is 24.3 Å². The van der Waals surface area contributed by atoms with Gasteiger partial charge in [0.2, 0.25) is 5.13 Å². The van der Waals surface area contributed by atoms with Gasteiger partial charge in [0.15, 0.2) is 9.84 Å². The van der Waals surface area contributed by atoms with Gasteiger partial charge < -0.3 is 9.64 Å². The highest BCUT2D eigenvalue weighted by Crippen LogP contribution is 2.40. The van der Waals surface area contributed by atoms with Gasteiger partial charge in [-0.05, 0) is 47.5 Å². The van der Waals surface area contributed by atoms with Crippen LogP contribution >= 0.6 is 22.9 Å². The Morgan fingerprint density at radius 1 is 0.923 bits per heavy atom. The predicted octanol–water partition coefficient (Wildman–Crippen LogP) is 6.06. The highest BCUT2D eigenvalue weighted by molar-refractivity contribution is 7.90. The van der Waals surface area contributed by atoms with Gasteiger partial charge in [-0.15, -0.1) is 11.3 Å². The number of sulfone groups is 1. The predicted molar refractivity (Wildman–Crippen MR) is 158 cm³/mol. The quantitative estimate of drug-likeness (QED) is 0.277. The molecule has 2 aliphatic rings. The topological polar surface area (TPSA) is 75.1 Å². The molecule has 1 aromatic heterocycles. The van der Waals surface area contributed by atoms with Crippen LogP contribution in [0.15, 0.2) is 88.2 Å². The lowest BCUT2D eigenvalue weighted by molar-refractivity contribution is 0.122. The average molecular weight is 579 g/mol. The van der Waals surface area contributed by atoms with Gasteiger partial charge in [-0.2, -0.15) is 5.10 Å². The minimum absolute atomic E-state index is 0.0252. The number of nitrogens with zero attached hydrogens (tertiary/aromatic N) is 4. The Bertz CT molecular complexity index is 1600. The van der Waals surface area contributed by atoms with Gasteiger partial charge in [-0.1, -0.05) is 48.0 Å². The van der Waals surface area contributed by atoms with E-state index in [1.165, 1.54) is 23.3 Å². The van der Waals surface area contributed by atoms with Crippen LogP contribution in [-0.2, 0) is 14.6 Å². The smallest absolute Gasteiger partial charge is 0.207 e. The van der Waals surface area contributed by atoms with E-state index in [1.807, 2.05) is 34.7 Å². The lowest BCUT2D eigenvalue weighted by atomic mass is 9.98. The third kappa shape index (κ3) is 5.58. The highest BCUT2D eigenvalue weighted by atomic mass is 35.5. The molecule has 0 saturated carbocycles. The summed E-state index contributed by atoms with van der Waals surface area (Å²) in [7, 11) is -3.25. The Kier molecular flexibility index (Phi) is 7.16. The van der Waals surface area contributed by atoms with E-state index in [-0.39, 0.29) is 10.9 Å². The van der Waals surface area contributed by atoms with Crippen molar-refractivity contribution in [2.75, 3.05) is 42.5 Å². The van der Waals surface area contributed by atoms with E-state index in [0.29, 0.717) is 5.02 Å². The van der Waals surface area contributed by atoms with Crippen molar-refractivity contribution < 1.29 is 13.2 Å². The summed E-state index contributed by atoms with van der Waals surface area (Å²) in [5.74, 6) is 0. The number of benzene rings is 3. The maximum absolute atomic E-state index is 11.8. The summed E-state index contributed by atoms with van der Waals surface area (Å²) in [5.41, 5.74) is 6.02. The van der Waals surface area contributed by atoms with Crippen LogP contribution in [0, 0.1) is 0 Å². The maximum Gasteiger partial charge on any atom is 0.207 e. The van der Waals surface area contributed by atoms with E-state index < -0.39 is 9.84 Å². The molecular weight excluding hydrogens is 552 g/mol. The van der Waals surface area contributed by atoms with E-state index in [9.17, 15) is 8.42 Å². The van der Waals surface area contributed by atoms with Crippen molar-refractivity contribution in [2.24, 2.45) is 5.10 Å². The zero-order valence-corrected chi connectivity index (χ0v) is 23.7. The number of ether oxygens (including phenoxy) is 1. The average Bonchev–Trinajstić information content (AvgIpc) is 3.62. The van der Waals surface area contributed by atoms with Crippen molar-refractivity contribution in [3.63, 3.8) is 0 Å². The number of rotatable bonds is 6. The maximum atomic E-state index is 11.8. The fourth-order valence-electron chi connectivity index (χ4n) is 4.87. The van der Waals surface area contributed by atoms with Crippen molar-refractivity contribution in [3.8, 4) is 11.3 Å². The van der Waals surface area contributed by atoms with Crippen molar-refractivity contribution in [1.29, 1.82) is 0 Å². The van der Waals surface area contributed by atoms with Crippen LogP contribution in [0.2, 0.25) is 5.02 Å². The number of morpholine rings is 1. The molecule has 10 heteroatoms. The molecule has 39 heavy (non-hydrogen) atoms. The van der Waals surface area contributed by atoms with Crippen LogP contribution in [0.1, 0.15) is 23.6 Å². The van der Waals surface area contributed by atoms with Gasteiger partial charge in [-0.3, -0.25) is 0 Å². The first-order valence-corrected chi connectivity index (χ1v) is 15.8. The van der Waals surface area contributed by atoms with Crippen molar-refractivity contribution >= 4 is 49.3 Å². The summed E-state index contributed by atoms with van der Waals surface area (Å²) in [6, 6.07) is 23.3. The Hall–Kier alpha value is -3.24. The minimum atomic E-state index is -3.25. The first kappa shape index (κ1) is 26.0. The van der Waals surface area contributed by atoms with Crippen LogP contribution in [0.4, 0.5) is 10.8 Å². The summed E-state index contributed by atoms with van der Waals surface area (Å²) in [6.45, 7) is 3.31. The number of halogens is 1. The van der Waals surface area contributed by atoms with Gasteiger partial charge in [0, 0.05) is 47.4 Å². The lowest BCUT2D eigenvalue weighted by Crippen LogP contribution is -2.36. The van der Waals surface area contributed by atoms with Crippen LogP contribution in [-0.4, -0.2) is 51.7 Å². The summed E-state index contributed by atoms with van der Waals surface area (Å²) < 4.78 is 29.2. The number of hydrogen-bond donors (Lipinski definition) is 0. The molecule has 1 atom stereocenters. The van der Waals surface area contributed by atoms with E-state index in [4.69, 9.17) is 26.4 Å². The Balaban J connectivity index is 1.30. The largest absolute Gasteiger partial charge is 0.378 e. The Morgan fingerprint density at radius 2 is 1.59 bits per heavy atom. The zero-order valence-electron chi connectivity index (χ0n) is 21.3. The van der Waals surface area contributed by atoms with Crippen molar-refractivity contribution in [2.45, 2.75) is 17.4 Å². The van der Waals surface area contributed by atoms with E-state index in [2.05, 4.69) is 29.2 Å². The number of hydrogen-bond acceptors (Lipinski definition) is 8. The molecule has 0 bridgehead atoms. The molecule has 2 aliphatic heterocycles. The second kappa shape index (κ2) is 10.7. The van der Waals surface area contributed by atoms with Crippen LogP contribution in [0.3, 0.4) is 0 Å². The van der Waals surface area contributed by atoms with Crippen LogP contribution in [0.25, 0.3) is 11.3 Å². The summed E-state index contributed by atoms with van der Waals surface area (Å²) >= 11 is 7.70. The second-order valence-corrected chi connectivity index (χ2v) is 12.9. The van der Waals surface area contributed by atoms with Gasteiger partial charge in [0.05, 0.1) is 35.6 Å². The summed E-state index contributed by atoms with van der Waals surface area (Å²) in [4.78, 5) is 7.52. The third-order valence-corrected chi connectivity index (χ3v) is 9.22. The fourth-order valence-corrected chi connectivity index (χ4v) is 6.46. The number of thiazole rings is 1. The van der Waals surface area contributed by atoms with Crippen LogP contribution < -0.4 is 9.91 Å². The normalized spacial score (nSPS) is 17.9. The Morgan fingerprint density at radius 3 is 2.26 bits per heavy atom. The molecule has 1 fully saturated rings. The molecule has 1 unspecified atom stereocenters. The van der Waals surface area contributed by atoms with Gasteiger partial charge in [-0.25, -0.2) is 18.4 Å². The van der Waals surface area contributed by atoms with Gasteiger partial charge in [0.25, 0.3) is 0 Å². The molecule has 0 spiro atoms.